The molecule has 0 radical (unpaired) electrons. The van der Waals surface area contributed by atoms with E-state index in [2.05, 4.69) is 24.3 Å². The van der Waals surface area contributed by atoms with E-state index in [1.54, 1.807) is 6.07 Å². The molecule has 2 aromatic heterocycles. The Bertz CT molecular complexity index is 1150. The third kappa shape index (κ3) is 4.98. The number of aliphatic hydroxyl groups is 1. The number of rotatable bonds is 7. The Kier molecular flexibility index (Phi) is 6.54. The quantitative estimate of drug-likeness (QED) is 0.563. The molecular formula is C25H29N5O2. The van der Waals surface area contributed by atoms with Crippen molar-refractivity contribution < 1.29 is 5.11 Å². The first-order valence-corrected chi connectivity index (χ1v) is 11.0. The van der Waals surface area contributed by atoms with Gasteiger partial charge in [-0.25, -0.2) is 9.83 Å². The molecule has 7 nitrogen and oxygen atoms in total. The number of hydrogen-bond donors (Lipinski definition) is 2. The molecular weight excluding hydrogens is 402 g/mol. The lowest BCUT2D eigenvalue weighted by atomic mass is 9.75. The van der Waals surface area contributed by atoms with Crippen LogP contribution in [-0.2, 0) is 19.5 Å². The van der Waals surface area contributed by atoms with Gasteiger partial charge in [-0.05, 0) is 50.9 Å². The second-order valence-corrected chi connectivity index (χ2v) is 8.81. The number of aromatic amines is 1. The highest BCUT2D eigenvalue weighted by Crippen LogP contribution is 2.34. The first-order chi connectivity index (χ1) is 15.5. The molecule has 0 aliphatic carbocycles. The van der Waals surface area contributed by atoms with Crippen LogP contribution in [0.25, 0.3) is 4.85 Å². The summed E-state index contributed by atoms with van der Waals surface area (Å²) in [7, 11) is 0. The number of benzene rings is 1. The van der Waals surface area contributed by atoms with Crippen LogP contribution in [0.15, 0.2) is 53.5 Å². The fourth-order valence-electron chi connectivity index (χ4n) is 4.52. The number of aryl methyl sites for hydroxylation is 1. The molecule has 0 amide bonds. The highest BCUT2D eigenvalue weighted by molar-refractivity contribution is 5.45. The Hall–Kier alpha value is -3.21. The van der Waals surface area contributed by atoms with Crippen molar-refractivity contribution in [3.63, 3.8) is 0 Å². The first kappa shape index (κ1) is 22.0. The molecule has 0 atom stereocenters. The van der Waals surface area contributed by atoms with Crippen LogP contribution in [0.5, 0.6) is 0 Å². The number of aromatic nitrogens is 3. The van der Waals surface area contributed by atoms with Crippen LogP contribution in [0.1, 0.15) is 35.6 Å². The summed E-state index contributed by atoms with van der Waals surface area (Å²) in [4.78, 5) is 24.9. The molecule has 1 aromatic carbocycles. The summed E-state index contributed by atoms with van der Waals surface area (Å²) in [5.41, 5.74) is 3.56. The van der Waals surface area contributed by atoms with Crippen molar-refractivity contribution in [2.24, 2.45) is 5.41 Å². The number of imidazole rings is 1. The minimum atomic E-state index is -0.193. The first-order valence-electron chi connectivity index (χ1n) is 11.0. The zero-order chi connectivity index (χ0) is 22.6. The van der Waals surface area contributed by atoms with Gasteiger partial charge in [-0.3, -0.25) is 9.69 Å². The average molecular weight is 432 g/mol. The van der Waals surface area contributed by atoms with E-state index >= 15 is 0 Å². The molecule has 0 unspecified atom stereocenters. The predicted molar refractivity (Wildman–Crippen MR) is 124 cm³/mol. The molecule has 0 bridgehead atoms. The third-order valence-corrected chi connectivity index (χ3v) is 6.58. The number of hydrogen-bond acceptors (Lipinski definition) is 4. The van der Waals surface area contributed by atoms with Crippen molar-refractivity contribution in [2.45, 2.75) is 39.3 Å². The normalized spacial score (nSPS) is 16.0. The molecule has 4 rings (SSSR count). The lowest BCUT2D eigenvalue weighted by molar-refractivity contribution is 0.0398. The van der Waals surface area contributed by atoms with Crippen molar-refractivity contribution in [1.82, 2.24) is 19.4 Å². The number of nitrogens with zero attached hydrogens (tertiary/aromatic N) is 4. The van der Waals surface area contributed by atoms with Gasteiger partial charge in [0.25, 0.3) is 0 Å². The van der Waals surface area contributed by atoms with E-state index in [-0.39, 0.29) is 17.6 Å². The van der Waals surface area contributed by atoms with Crippen molar-refractivity contribution >= 4 is 5.69 Å². The van der Waals surface area contributed by atoms with Crippen LogP contribution in [0, 0.1) is 18.9 Å². The van der Waals surface area contributed by atoms with E-state index in [4.69, 9.17) is 6.57 Å². The van der Waals surface area contributed by atoms with Gasteiger partial charge in [-0.2, -0.15) is 0 Å². The Balaban J connectivity index is 1.40. The van der Waals surface area contributed by atoms with Crippen molar-refractivity contribution in [3.8, 4) is 0 Å². The van der Waals surface area contributed by atoms with Gasteiger partial charge >= 0.3 is 0 Å². The smallest absolute Gasteiger partial charge is 0.248 e. The molecule has 0 spiro atoms. The van der Waals surface area contributed by atoms with Gasteiger partial charge < -0.3 is 14.7 Å². The summed E-state index contributed by atoms with van der Waals surface area (Å²) >= 11 is 0. The minimum Gasteiger partial charge on any atom is -0.396 e. The maximum absolute atomic E-state index is 11.6. The summed E-state index contributed by atoms with van der Waals surface area (Å²) in [5, 5.41) is 10.2. The summed E-state index contributed by atoms with van der Waals surface area (Å²) in [6.45, 7) is 12.6. The van der Waals surface area contributed by atoms with Crippen LogP contribution in [0.4, 0.5) is 5.69 Å². The van der Waals surface area contributed by atoms with Gasteiger partial charge in [0, 0.05) is 43.1 Å². The van der Waals surface area contributed by atoms with Gasteiger partial charge in [0.1, 0.15) is 5.82 Å². The standard InChI is InChI=1S/C25H29N5O2/c1-19-27-15-23(30(19)16-20-6-8-21(26-2)9-7-20)17-29-12-10-25(18-31,11-13-29)14-22-4-3-5-24(32)28-22/h3-9,15,31H,10-14,16-18H2,1H3,(H,28,32). The van der Waals surface area contributed by atoms with Crippen molar-refractivity contribution in [3.05, 3.63) is 93.2 Å². The van der Waals surface area contributed by atoms with Crippen LogP contribution in [0.3, 0.4) is 0 Å². The van der Waals surface area contributed by atoms with E-state index in [0.717, 1.165) is 56.1 Å². The van der Waals surface area contributed by atoms with Crippen molar-refractivity contribution in [2.75, 3.05) is 19.7 Å². The fraction of sp³-hybridized carbons (Fsp3) is 0.400. The monoisotopic (exact) mass is 431 g/mol. The van der Waals surface area contributed by atoms with Crippen LogP contribution < -0.4 is 5.56 Å². The molecule has 1 fully saturated rings. The fourth-order valence-corrected chi connectivity index (χ4v) is 4.52. The van der Waals surface area contributed by atoms with E-state index in [9.17, 15) is 9.90 Å². The molecule has 166 valence electrons. The second-order valence-electron chi connectivity index (χ2n) is 8.81. The third-order valence-electron chi connectivity index (χ3n) is 6.58. The molecule has 3 heterocycles. The summed E-state index contributed by atoms with van der Waals surface area (Å²) in [6.07, 6.45) is 4.40. The maximum atomic E-state index is 11.6. The molecule has 1 saturated heterocycles. The Morgan fingerprint density at radius 1 is 1.16 bits per heavy atom. The van der Waals surface area contributed by atoms with Crippen LogP contribution in [0.2, 0.25) is 0 Å². The Morgan fingerprint density at radius 2 is 1.91 bits per heavy atom. The summed E-state index contributed by atoms with van der Waals surface area (Å²) < 4.78 is 2.23. The number of pyridine rings is 1. The minimum absolute atomic E-state index is 0.0969. The molecule has 0 saturated carbocycles. The molecule has 1 aliphatic heterocycles. The van der Waals surface area contributed by atoms with Gasteiger partial charge in [-0.1, -0.05) is 30.3 Å². The second kappa shape index (κ2) is 9.51. The number of piperidine rings is 1. The van der Waals surface area contributed by atoms with Gasteiger partial charge in [0.15, 0.2) is 5.69 Å². The highest BCUT2D eigenvalue weighted by atomic mass is 16.3. The average Bonchev–Trinajstić information content (AvgIpc) is 3.14. The summed E-state index contributed by atoms with van der Waals surface area (Å²) in [5.74, 6) is 0.976. The number of nitrogens with one attached hydrogen (secondary N) is 1. The molecule has 7 heteroatoms. The highest BCUT2D eigenvalue weighted by Gasteiger charge is 2.34. The Morgan fingerprint density at radius 3 is 2.56 bits per heavy atom. The SMILES string of the molecule is [C-]#[N+]c1ccc(Cn2c(CN3CCC(CO)(Cc4cccc(=O)[nH]4)CC3)cnc2C)cc1. The Labute approximate surface area is 188 Å². The van der Waals surface area contributed by atoms with E-state index in [1.807, 2.05) is 43.5 Å². The molecule has 1 aliphatic rings. The molecule has 3 aromatic rings. The van der Waals surface area contributed by atoms with Crippen molar-refractivity contribution in [1.29, 1.82) is 0 Å². The van der Waals surface area contributed by atoms with E-state index in [0.29, 0.717) is 12.1 Å². The molecule has 2 N–H and O–H groups in total. The van der Waals surface area contributed by atoms with Crippen LogP contribution in [-0.4, -0.2) is 44.2 Å². The lowest BCUT2D eigenvalue weighted by Crippen LogP contribution is -2.43. The van der Waals surface area contributed by atoms with E-state index < -0.39 is 0 Å². The zero-order valence-electron chi connectivity index (χ0n) is 18.4. The van der Waals surface area contributed by atoms with E-state index in [1.165, 1.54) is 11.8 Å². The maximum Gasteiger partial charge on any atom is 0.248 e. The lowest BCUT2D eigenvalue weighted by Gasteiger charge is -2.40. The largest absolute Gasteiger partial charge is 0.396 e. The van der Waals surface area contributed by atoms with Gasteiger partial charge in [0.2, 0.25) is 5.56 Å². The molecule has 32 heavy (non-hydrogen) atoms. The van der Waals surface area contributed by atoms with Gasteiger partial charge in [-0.15, -0.1) is 0 Å². The summed E-state index contributed by atoms with van der Waals surface area (Å²) in [6, 6.07) is 12.9. The van der Waals surface area contributed by atoms with Crippen LogP contribution >= 0.6 is 0 Å². The predicted octanol–water partition coefficient (Wildman–Crippen LogP) is 3.30. The van der Waals surface area contributed by atoms with Gasteiger partial charge in [0.05, 0.1) is 12.3 Å². The number of likely N-dealkylation sites (tertiary alicyclic amines) is 1. The topological polar surface area (TPSA) is 78.5 Å². The number of H-pyrrole nitrogens is 1. The number of aliphatic hydroxyl groups excluding tert-OH is 1. The zero-order valence-corrected chi connectivity index (χ0v) is 18.4.